The summed E-state index contributed by atoms with van der Waals surface area (Å²) in [6.07, 6.45) is 6.12. The van der Waals surface area contributed by atoms with Gasteiger partial charge in [0.05, 0.1) is 17.7 Å². The van der Waals surface area contributed by atoms with Crippen molar-refractivity contribution in [3.8, 4) is 0 Å². The molecule has 0 aromatic carbocycles. The van der Waals surface area contributed by atoms with Crippen molar-refractivity contribution in [2.75, 3.05) is 0 Å². The molecule has 1 saturated carbocycles. The summed E-state index contributed by atoms with van der Waals surface area (Å²) >= 11 is 0. The van der Waals surface area contributed by atoms with E-state index in [9.17, 15) is 9.59 Å². The zero-order chi connectivity index (χ0) is 13.8. The zero-order valence-electron chi connectivity index (χ0n) is 11.0. The Bertz CT molecular complexity index is 469. The van der Waals surface area contributed by atoms with Crippen molar-refractivity contribution < 1.29 is 14.7 Å². The van der Waals surface area contributed by atoms with E-state index in [-0.39, 0.29) is 17.9 Å². The van der Waals surface area contributed by atoms with Crippen LogP contribution in [0.1, 0.15) is 43.0 Å². The van der Waals surface area contributed by atoms with E-state index in [1.165, 1.54) is 0 Å². The molecule has 0 bridgehead atoms. The van der Waals surface area contributed by atoms with Gasteiger partial charge in [0.25, 0.3) is 5.91 Å². The maximum Gasteiger partial charge on any atom is 0.306 e. The summed E-state index contributed by atoms with van der Waals surface area (Å²) in [5, 5.41) is 15.9. The first-order valence-electron chi connectivity index (χ1n) is 6.66. The van der Waals surface area contributed by atoms with E-state index in [1.807, 2.05) is 6.92 Å². The van der Waals surface area contributed by atoms with Crippen LogP contribution >= 0.6 is 0 Å². The average Bonchev–Trinajstić information content (AvgIpc) is 2.98. The van der Waals surface area contributed by atoms with Crippen molar-refractivity contribution in [2.45, 2.75) is 45.2 Å². The van der Waals surface area contributed by atoms with Crippen molar-refractivity contribution in [2.24, 2.45) is 5.92 Å². The monoisotopic (exact) mass is 265 g/mol. The van der Waals surface area contributed by atoms with Gasteiger partial charge in [-0.3, -0.25) is 14.3 Å². The molecule has 0 radical (unpaired) electrons. The topological polar surface area (TPSA) is 84.2 Å². The van der Waals surface area contributed by atoms with E-state index in [2.05, 4.69) is 10.4 Å². The summed E-state index contributed by atoms with van der Waals surface area (Å²) in [7, 11) is 0. The quantitative estimate of drug-likeness (QED) is 0.839. The molecular formula is C13H19N3O3. The second-order valence-corrected chi connectivity index (χ2v) is 5.01. The Labute approximate surface area is 111 Å². The molecule has 6 heteroatoms. The van der Waals surface area contributed by atoms with Gasteiger partial charge in [-0.1, -0.05) is 6.92 Å². The highest BCUT2D eigenvalue weighted by atomic mass is 16.4. The molecular weight excluding hydrogens is 246 g/mol. The molecule has 2 atom stereocenters. The Kier molecular flexibility index (Phi) is 4.19. The lowest BCUT2D eigenvalue weighted by Gasteiger charge is -2.11. The van der Waals surface area contributed by atoms with Crippen LogP contribution < -0.4 is 5.32 Å². The van der Waals surface area contributed by atoms with Crippen LogP contribution in [0, 0.1) is 5.92 Å². The van der Waals surface area contributed by atoms with Gasteiger partial charge in [-0.2, -0.15) is 5.10 Å². The Hall–Kier alpha value is -1.85. The lowest BCUT2D eigenvalue weighted by atomic mass is 10.1. The smallest absolute Gasteiger partial charge is 0.306 e. The molecule has 1 amide bonds. The fourth-order valence-electron chi connectivity index (χ4n) is 2.44. The number of carboxylic acids is 1. The van der Waals surface area contributed by atoms with Crippen LogP contribution in [0.3, 0.4) is 0 Å². The Balaban J connectivity index is 1.88. The predicted molar refractivity (Wildman–Crippen MR) is 68.7 cm³/mol. The van der Waals surface area contributed by atoms with E-state index in [1.54, 1.807) is 17.1 Å². The molecule has 0 unspecified atom stereocenters. The van der Waals surface area contributed by atoms with Crippen LogP contribution in [-0.2, 0) is 11.3 Å². The second kappa shape index (κ2) is 5.86. The molecule has 2 rings (SSSR count). The SMILES string of the molecule is CCCn1cc(C(=O)N[C@H]2CC[C@@H](C(=O)O)C2)cn1. The third-order valence-electron chi connectivity index (χ3n) is 3.47. The number of carbonyl (C=O) groups excluding carboxylic acids is 1. The Morgan fingerprint density at radius 3 is 2.95 bits per heavy atom. The number of rotatable bonds is 5. The lowest BCUT2D eigenvalue weighted by molar-refractivity contribution is -0.141. The number of nitrogens with zero attached hydrogens (tertiary/aromatic N) is 2. The lowest BCUT2D eigenvalue weighted by Crippen LogP contribution is -2.33. The van der Waals surface area contributed by atoms with Gasteiger partial charge in [0.2, 0.25) is 0 Å². The molecule has 6 nitrogen and oxygen atoms in total. The van der Waals surface area contributed by atoms with Crippen LogP contribution in [0.15, 0.2) is 12.4 Å². The molecule has 104 valence electrons. The van der Waals surface area contributed by atoms with Crippen LogP contribution in [0.2, 0.25) is 0 Å². The Morgan fingerprint density at radius 1 is 1.53 bits per heavy atom. The fourth-order valence-corrected chi connectivity index (χ4v) is 2.44. The van der Waals surface area contributed by atoms with Crippen molar-refractivity contribution in [1.29, 1.82) is 0 Å². The molecule has 1 aliphatic rings. The third-order valence-corrected chi connectivity index (χ3v) is 3.47. The highest BCUT2D eigenvalue weighted by Gasteiger charge is 2.30. The molecule has 0 spiro atoms. The number of carbonyl (C=O) groups is 2. The maximum absolute atomic E-state index is 12.0. The minimum absolute atomic E-state index is 0.0388. The number of hydrogen-bond acceptors (Lipinski definition) is 3. The number of amides is 1. The second-order valence-electron chi connectivity index (χ2n) is 5.01. The summed E-state index contributed by atoms with van der Waals surface area (Å²) in [5.74, 6) is -1.26. The standard InChI is InChI=1S/C13H19N3O3/c1-2-5-16-8-10(7-14-16)12(17)15-11-4-3-9(6-11)13(18)19/h7-9,11H,2-6H2,1H3,(H,15,17)(H,18,19)/t9-,11+/m1/s1. The first-order valence-corrected chi connectivity index (χ1v) is 6.66. The van der Waals surface area contributed by atoms with E-state index in [0.717, 1.165) is 19.4 Å². The number of hydrogen-bond donors (Lipinski definition) is 2. The van der Waals surface area contributed by atoms with E-state index in [4.69, 9.17) is 5.11 Å². The van der Waals surface area contributed by atoms with Crippen molar-refractivity contribution in [3.05, 3.63) is 18.0 Å². The fraction of sp³-hybridized carbons (Fsp3) is 0.615. The average molecular weight is 265 g/mol. The molecule has 0 saturated heterocycles. The summed E-state index contributed by atoms with van der Waals surface area (Å²) in [6, 6.07) is -0.0388. The van der Waals surface area contributed by atoms with Gasteiger partial charge in [-0.25, -0.2) is 0 Å². The van der Waals surface area contributed by atoms with Crippen molar-refractivity contribution >= 4 is 11.9 Å². The van der Waals surface area contributed by atoms with Gasteiger partial charge >= 0.3 is 5.97 Å². The molecule has 2 N–H and O–H groups in total. The van der Waals surface area contributed by atoms with E-state index < -0.39 is 5.97 Å². The van der Waals surface area contributed by atoms with Crippen LogP contribution in [0.5, 0.6) is 0 Å². The summed E-state index contributed by atoms with van der Waals surface area (Å²) < 4.78 is 1.74. The molecule has 1 aromatic heterocycles. The number of aryl methyl sites for hydroxylation is 1. The van der Waals surface area contributed by atoms with Gasteiger partial charge in [0.15, 0.2) is 0 Å². The highest BCUT2D eigenvalue weighted by Crippen LogP contribution is 2.25. The van der Waals surface area contributed by atoms with E-state index in [0.29, 0.717) is 18.4 Å². The molecule has 19 heavy (non-hydrogen) atoms. The van der Waals surface area contributed by atoms with Crippen molar-refractivity contribution in [1.82, 2.24) is 15.1 Å². The summed E-state index contributed by atoms with van der Waals surface area (Å²) in [4.78, 5) is 22.8. The van der Waals surface area contributed by atoms with Gasteiger partial charge in [0, 0.05) is 18.8 Å². The zero-order valence-corrected chi connectivity index (χ0v) is 11.0. The van der Waals surface area contributed by atoms with Gasteiger partial charge < -0.3 is 10.4 Å². The normalized spacial score (nSPS) is 22.4. The predicted octanol–water partition coefficient (Wildman–Crippen LogP) is 1.28. The minimum Gasteiger partial charge on any atom is -0.481 e. The van der Waals surface area contributed by atoms with E-state index >= 15 is 0 Å². The Morgan fingerprint density at radius 2 is 2.32 bits per heavy atom. The largest absolute Gasteiger partial charge is 0.481 e. The molecule has 1 aliphatic carbocycles. The van der Waals surface area contributed by atoms with Gasteiger partial charge in [-0.15, -0.1) is 0 Å². The van der Waals surface area contributed by atoms with Crippen LogP contribution in [0.25, 0.3) is 0 Å². The summed E-state index contributed by atoms with van der Waals surface area (Å²) in [5.41, 5.74) is 0.534. The first-order chi connectivity index (χ1) is 9.10. The van der Waals surface area contributed by atoms with Gasteiger partial charge in [-0.05, 0) is 25.7 Å². The maximum atomic E-state index is 12.0. The highest BCUT2D eigenvalue weighted by molar-refractivity contribution is 5.93. The molecule has 1 fully saturated rings. The first kappa shape index (κ1) is 13.6. The third kappa shape index (κ3) is 3.33. The minimum atomic E-state index is -0.771. The summed E-state index contributed by atoms with van der Waals surface area (Å²) in [6.45, 7) is 2.84. The van der Waals surface area contributed by atoms with Crippen molar-refractivity contribution in [3.63, 3.8) is 0 Å². The molecule has 0 aliphatic heterocycles. The van der Waals surface area contributed by atoms with Crippen LogP contribution in [0.4, 0.5) is 0 Å². The molecule has 1 heterocycles. The number of nitrogens with one attached hydrogen (secondary N) is 1. The van der Waals surface area contributed by atoms with Gasteiger partial charge in [0.1, 0.15) is 0 Å². The number of aromatic nitrogens is 2. The van der Waals surface area contributed by atoms with Crippen LogP contribution in [-0.4, -0.2) is 32.8 Å². The number of carboxylic acid groups (broad SMARTS) is 1. The number of aliphatic carboxylic acids is 1. The molecule has 1 aromatic rings.